The molecule has 0 spiro atoms. The van der Waals surface area contributed by atoms with Crippen molar-refractivity contribution < 1.29 is 14.6 Å². The summed E-state index contributed by atoms with van der Waals surface area (Å²) in [7, 11) is 0. The lowest BCUT2D eigenvalue weighted by Gasteiger charge is -2.22. The first-order valence-electron chi connectivity index (χ1n) is 6.16. The molecule has 0 amide bonds. The van der Waals surface area contributed by atoms with Gasteiger partial charge in [-0.05, 0) is 44.4 Å². The molecule has 0 atom stereocenters. The Morgan fingerprint density at radius 3 is 2.53 bits per heavy atom. The van der Waals surface area contributed by atoms with E-state index in [0.29, 0.717) is 12.4 Å². The van der Waals surface area contributed by atoms with E-state index >= 15 is 0 Å². The van der Waals surface area contributed by atoms with E-state index in [-0.39, 0.29) is 10.3 Å². The molecule has 0 unspecified atom stereocenters. The summed E-state index contributed by atoms with van der Waals surface area (Å²) >= 11 is 1.83. The van der Waals surface area contributed by atoms with Gasteiger partial charge in [0.15, 0.2) is 0 Å². The topological polar surface area (TPSA) is 58.6 Å². The smallest absolute Gasteiger partial charge is 0.335 e. The number of carboxylic acid groups (broad SMARTS) is 1. The van der Waals surface area contributed by atoms with Crippen LogP contribution in [0.5, 0.6) is 5.75 Å². The van der Waals surface area contributed by atoms with Crippen LogP contribution in [-0.4, -0.2) is 41.8 Å². The molecule has 0 radical (unpaired) electrons. The largest absolute Gasteiger partial charge is 0.492 e. The molecule has 0 saturated heterocycles. The van der Waals surface area contributed by atoms with E-state index in [1.807, 2.05) is 11.8 Å². The fourth-order valence-electron chi connectivity index (χ4n) is 1.40. The van der Waals surface area contributed by atoms with Crippen molar-refractivity contribution in [2.75, 3.05) is 26.0 Å². The molecule has 0 aliphatic heterocycles. The van der Waals surface area contributed by atoms with Gasteiger partial charge in [0.1, 0.15) is 12.4 Å². The first kappa shape index (κ1) is 15.9. The Hall–Kier alpha value is -1.20. The number of carbonyl (C=O) groups is 1. The maximum atomic E-state index is 10.7. The molecule has 4 nitrogen and oxygen atoms in total. The van der Waals surface area contributed by atoms with Crippen molar-refractivity contribution in [2.45, 2.75) is 18.6 Å². The summed E-state index contributed by atoms with van der Waals surface area (Å²) in [6.45, 7) is 6.64. The van der Waals surface area contributed by atoms with E-state index in [4.69, 9.17) is 9.84 Å². The van der Waals surface area contributed by atoms with Gasteiger partial charge in [0.2, 0.25) is 0 Å². The van der Waals surface area contributed by atoms with Gasteiger partial charge in [-0.2, -0.15) is 11.8 Å². The highest BCUT2D eigenvalue weighted by Crippen LogP contribution is 2.19. The van der Waals surface area contributed by atoms with Crippen molar-refractivity contribution in [2.24, 2.45) is 0 Å². The van der Waals surface area contributed by atoms with Crippen molar-refractivity contribution in [3.05, 3.63) is 29.8 Å². The molecule has 0 heterocycles. The van der Waals surface area contributed by atoms with Crippen molar-refractivity contribution in [1.29, 1.82) is 0 Å². The highest BCUT2D eigenvalue weighted by atomic mass is 32.2. The number of hydrogen-bond acceptors (Lipinski definition) is 4. The van der Waals surface area contributed by atoms with Crippen molar-refractivity contribution >= 4 is 17.7 Å². The molecule has 2 N–H and O–H groups in total. The Morgan fingerprint density at radius 2 is 2.00 bits per heavy atom. The summed E-state index contributed by atoms with van der Waals surface area (Å²) in [5.41, 5.74) is 0.271. The quantitative estimate of drug-likeness (QED) is 0.718. The number of thioether (sulfide) groups is 1. The minimum Gasteiger partial charge on any atom is -0.492 e. The zero-order valence-corrected chi connectivity index (χ0v) is 12.4. The SMILES string of the molecule is CSC(C)(C)CNCCOc1ccc(C(=O)O)cc1. The van der Waals surface area contributed by atoms with Gasteiger partial charge in [0.25, 0.3) is 0 Å². The normalized spacial score (nSPS) is 11.3. The molecule has 0 saturated carbocycles. The molecule has 1 aromatic rings. The number of hydrogen-bond donors (Lipinski definition) is 2. The summed E-state index contributed by atoms with van der Waals surface area (Å²) in [5.74, 6) is -0.233. The third kappa shape index (κ3) is 5.98. The predicted octanol–water partition coefficient (Wildman–Crippen LogP) is 2.49. The Labute approximate surface area is 118 Å². The molecule has 1 rings (SSSR count). The third-order valence-corrected chi connectivity index (χ3v) is 4.00. The number of aromatic carboxylic acids is 1. The fourth-order valence-corrected chi connectivity index (χ4v) is 1.64. The predicted molar refractivity (Wildman–Crippen MR) is 79.4 cm³/mol. The number of benzene rings is 1. The highest BCUT2D eigenvalue weighted by Gasteiger charge is 2.14. The van der Waals surface area contributed by atoms with Crippen LogP contribution in [-0.2, 0) is 0 Å². The maximum Gasteiger partial charge on any atom is 0.335 e. The second-order valence-electron chi connectivity index (χ2n) is 4.82. The van der Waals surface area contributed by atoms with E-state index in [0.717, 1.165) is 13.1 Å². The van der Waals surface area contributed by atoms with Gasteiger partial charge in [-0.15, -0.1) is 0 Å². The summed E-state index contributed by atoms with van der Waals surface area (Å²) < 4.78 is 5.75. The minimum atomic E-state index is -0.924. The summed E-state index contributed by atoms with van der Waals surface area (Å²) in [5, 5.41) is 12.1. The molecule has 0 aliphatic rings. The minimum absolute atomic E-state index is 0.225. The van der Waals surface area contributed by atoms with Gasteiger partial charge in [-0.25, -0.2) is 4.79 Å². The van der Waals surface area contributed by atoms with E-state index in [2.05, 4.69) is 25.4 Å². The van der Waals surface area contributed by atoms with Gasteiger partial charge < -0.3 is 15.2 Å². The Balaban J connectivity index is 2.24. The second-order valence-corrected chi connectivity index (χ2v) is 6.33. The molecular weight excluding hydrogens is 262 g/mol. The van der Waals surface area contributed by atoms with Crippen molar-refractivity contribution in [3.8, 4) is 5.75 Å². The van der Waals surface area contributed by atoms with Gasteiger partial charge in [-0.3, -0.25) is 0 Å². The van der Waals surface area contributed by atoms with Crippen LogP contribution in [0.1, 0.15) is 24.2 Å². The Morgan fingerprint density at radius 1 is 1.37 bits per heavy atom. The average Bonchev–Trinajstić information content (AvgIpc) is 2.39. The monoisotopic (exact) mass is 283 g/mol. The molecule has 0 bridgehead atoms. The maximum absolute atomic E-state index is 10.7. The molecule has 5 heteroatoms. The van der Waals surface area contributed by atoms with Crippen LogP contribution in [0.15, 0.2) is 24.3 Å². The number of ether oxygens (including phenoxy) is 1. The van der Waals surface area contributed by atoms with Gasteiger partial charge >= 0.3 is 5.97 Å². The van der Waals surface area contributed by atoms with Crippen LogP contribution in [0, 0.1) is 0 Å². The number of nitrogens with one attached hydrogen (secondary N) is 1. The van der Waals surface area contributed by atoms with Crippen LogP contribution in [0.25, 0.3) is 0 Å². The summed E-state index contributed by atoms with van der Waals surface area (Å²) in [6, 6.07) is 6.44. The lowest BCUT2D eigenvalue weighted by Crippen LogP contribution is -2.34. The Kier molecular flexibility index (Phi) is 6.18. The molecule has 106 valence electrons. The van der Waals surface area contributed by atoms with Crippen molar-refractivity contribution in [3.63, 3.8) is 0 Å². The van der Waals surface area contributed by atoms with E-state index < -0.39 is 5.97 Å². The first-order chi connectivity index (χ1) is 8.94. The molecule has 0 aliphatic carbocycles. The van der Waals surface area contributed by atoms with Crippen LogP contribution in [0.3, 0.4) is 0 Å². The zero-order chi connectivity index (χ0) is 14.3. The fraction of sp³-hybridized carbons (Fsp3) is 0.500. The molecule has 0 fully saturated rings. The molecule has 1 aromatic carbocycles. The lowest BCUT2D eigenvalue weighted by molar-refractivity contribution is 0.0697. The van der Waals surface area contributed by atoms with Crippen LogP contribution >= 0.6 is 11.8 Å². The molecule has 19 heavy (non-hydrogen) atoms. The van der Waals surface area contributed by atoms with Crippen LogP contribution in [0.2, 0.25) is 0 Å². The molecule has 0 aromatic heterocycles. The van der Waals surface area contributed by atoms with Gasteiger partial charge in [-0.1, -0.05) is 0 Å². The molecular formula is C14H21NO3S. The average molecular weight is 283 g/mol. The summed E-state index contributed by atoms with van der Waals surface area (Å²) in [4.78, 5) is 10.7. The third-order valence-electron chi connectivity index (χ3n) is 2.75. The lowest BCUT2D eigenvalue weighted by atomic mass is 10.2. The number of carboxylic acids is 1. The van der Waals surface area contributed by atoms with Crippen LogP contribution < -0.4 is 10.1 Å². The summed E-state index contributed by atoms with van der Waals surface area (Å²) in [6.07, 6.45) is 2.10. The van der Waals surface area contributed by atoms with E-state index in [9.17, 15) is 4.79 Å². The van der Waals surface area contributed by atoms with Crippen LogP contribution in [0.4, 0.5) is 0 Å². The second kappa shape index (κ2) is 7.40. The Bertz CT molecular complexity index is 404. The first-order valence-corrected chi connectivity index (χ1v) is 7.39. The standard InChI is InChI=1S/C14H21NO3S/c1-14(2,19-3)10-15-8-9-18-12-6-4-11(5-7-12)13(16)17/h4-7,15H,8-10H2,1-3H3,(H,16,17). The van der Waals surface area contributed by atoms with Gasteiger partial charge in [0, 0.05) is 17.8 Å². The number of rotatable bonds is 8. The van der Waals surface area contributed by atoms with Gasteiger partial charge in [0.05, 0.1) is 5.56 Å². The zero-order valence-electron chi connectivity index (χ0n) is 11.6. The van der Waals surface area contributed by atoms with E-state index in [1.165, 1.54) is 0 Å². The van der Waals surface area contributed by atoms with Crippen molar-refractivity contribution in [1.82, 2.24) is 5.32 Å². The van der Waals surface area contributed by atoms with E-state index in [1.54, 1.807) is 24.3 Å². The highest BCUT2D eigenvalue weighted by molar-refractivity contribution is 7.99.